The van der Waals surface area contributed by atoms with Crippen molar-refractivity contribution in [1.29, 1.82) is 0 Å². The SMILES string of the molecule is COCC1CCCN1C(=O)c1cnoc1-c1ccccc1Cl. The molecule has 1 unspecified atom stereocenters. The molecule has 0 N–H and O–H groups in total. The van der Waals surface area contributed by atoms with Gasteiger partial charge in [-0.05, 0) is 25.0 Å². The molecule has 0 saturated carbocycles. The van der Waals surface area contributed by atoms with E-state index in [4.69, 9.17) is 20.9 Å². The fraction of sp³-hybridized carbons (Fsp3) is 0.375. The molecule has 22 heavy (non-hydrogen) atoms. The molecule has 0 bridgehead atoms. The van der Waals surface area contributed by atoms with Crippen LogP contribution in [0.1, 0.15) is 23.2 Å². The molecule has 1 aliphatic rings. The van der Waals surface area contributed by atoms with Gasteiger partial charge in [-0.25, -0.2) is 0 Å². The fourth-order valence-electron chi connectivity index (χ4n) is 2.85. The molecule has 3 rings (SSSR count). The van der Waals surface area contributed by atoms with Crippen LogP contribution in [0.25, 0.3) is 11.3 Å². The molecule has 1 atom stereocenters. The van der Waals surface area contributed by atoms with Gasteiger partial charge >= 0.3 is 0 Å². The first-order chi connectivity index (χ1) is 10.7. The minimum Gasteiger partial charge on any atom is -0.383 e. The first kappa shape index (κ1) is 15.1. The Balaban J connectivity index is 1.92. The van der Waals surface area contributed by atoms with Gasteiger partial charge in [0.1, 0.15) is 5.56 Å². The van der Waals surface area contributed by atoms with Crippen LogP contribution in [0.3, 0.4) is 0 Å². The summed E-state index contributed by atoms with van der Waals surface area (Å²) < 4.78 is 10.5. The molecule has 1 amide bonds. The van der Waals surface area contributed by atoms with Crippen LogP contribution in [0.4, 0.5) is 0 Å². The number of rotatable bonds is 4. The maximum absolute atomic E-state index is 12.8. The van der Waals surface area contributed by atoms with Crippen LogP contribution in [-0.4, -0.2) is 42.3 Å². The van der Waals surface area contributed by atoms with E-state index in [1.807, 2.05) is 23.1 Å². The van der Waals surface area contributed by atoms with Crippen LogP contribution in [-0.2, 0) is 4.74 Å². The number of nitrogens with zero attached hydrogens (tertiary/aromatic N) is 2. The van der Waals surface area contributed by atoms with Crippen molar-refractivity contribution in [3.05, 3.63) is 41.0 Å². The Morgan fingerprint density at radius 2 is 2.32 bits per heavy atom. The van der Waals surface area contributed by atoms with Crippen molar-refractivity contribution in [2.45, 2.75) is 18.9 Å². The molecule has 1 aromatic heterocycles. The normalized spacial score (nSPS) is 17.9. The number of benzene rings is 1. The number of halogens is 1. The molecule has 1 fully saturated rings. The third kappa shape index (κ3) is 2.74. The van der Waals surface area contributed by atoms with Gasteiger partial charge in [-0.1, -0.05) is 28.9 Å². The Hall–Kier alpha value is -1.85. The molecular weight excluding hydrogens is 304 g/mol. The van der Waals surface area contributed by atoms with Gasteiger partial charge < -0.3 is 14.2 Å². The molecule has 1 saturated heterocycles. The maximum atomic E-state index is 12.8. The number of methoxy groups -OCH3 is 1. The average Bonchev–Trinajstić information content (AvgIpc) is 3.16. The van der Waals surface area contributed by atoms with Gasteiger partial charge in [0, 0.05) is 19.2 Å². The average molecular weight is 321 g/mol. The second kappa shape index (κ2) is 6.50. The maximum Gasteiger partial charge on any atom is 0.259 e. The molecule has 116 valence electrons. The van der Waals surface area contributed by atoms with Crippen LogP contribution < -0.4 is 0 Å². The minimum atomic E-state index is -0.0873. The van der Waals surface area contributed by atoms with Crippen molar-refractivity contribution >= 4 is 17.5 Å². The van der Waals surface area contributed by atoms with E-state index < -0.39 is 0 Å². The third-order valence-corrected chi connectivity index (χ3v) is 4.25. The van der Waals surface area contributed by atoms with Crippen molar-refractivity contribution < 1.29 is 14.1 Å². The van der Waals surface area contributed by atoms with E-state index in [1.54, 1.807) is 13.2 Å². The van der Waals surface area contributed by atoms with Gasteiger partial charge in [-0.3, -0.25) is 4.79 Å². The summed E-state index contributed by atoms with van der Waals surface area (Å²) in [5.74, 6) is 0.328. The van der Waals surface area contributed by atoms with Crippen LogP contribution in [0.15, 0.2) is 35.0 Å². The molecule has 2 aromatic rings. The monoisotopic (exact) mass is 320 g/mol. The first-order valence-corrected chi connectivity index (χ1v) is 7.59. The van der Waals surface area contributed by atoms with Crippen molar-refractivity contribution in [3.8, 4) is 11.3 Å². The number of carbonyl (C=O) groups excluding carboxylic acids is 1. The molecule has 0 radical (unpaired) electrons. The zero-order valence-corrected chi connectivity index (χ0v) is 13.0. The first-order valence-electron chi connectivity index (χ1n) is 7.22. The molecule has 0 spiro atoms. The Labute approximate surface area is 133 Å². The molecule has 5 nitrogen and oxygen atoms in total. The van der Waals surface area contributed by atoms with E-state index in [0.29, 0.717) is 28.5 Å². The van der Waals surface area contributed by atoms with Gasteiger partial charge in [-0.2, -0.15) is 0 Å². The summed E-state index contributed by atoms with van der Waals surface area (Å²) in [6.45, 7) is 1.26. The Morgan fingerprint density at radius 3 is 3.09 bits per heavy atom. The highest BCUT2D eigenvalue weighted by Gasteiger charge is 2.32. The molecule has 2 heterocycles. The number of hydrogen-bond acceptors (Lipinski definition) is 4. The van der Waals surface area contributed by atoms with E-state index in [-0.39, 0.29) is 11.9 Å². The summed E-state index contributed by atoms with van der Waals surface area (Å²) in [5, 5.41) is 4.32. The fourth-order valence-corrected chi connectivity index (χ4v) is 3.08. The number of likely N-dealkylation sites (tertiary alicyclic amines) is 1. The number of ether oxygens (including phenoxy) is 1. The summed E-state index contributed by atoms with van der Waals surface area (Å²) in [7, 11) is 1.65. The molecule has 6 heteroatoms. The van der Waals surface area contributed by atoms with Crippen LogP contribution >= 0.6 is 11.6 Å². The quantitative estimate of drug-likeness (QED) is 0.867. The molecule has 0 aliphatic carbocycles. The topological polar surface area (TPSA) is 55.6 Å². The predicted octanol–water partition coefficient (Wildman–Crippen LogP) is 3.25. The van der Waals surface area contributed by atoms with Crippen molar-refractivity contribution in [2.24, 2.45) is 0 Å². The van der Waals surface area contributed by atoms with E-state index in [2.05, 4.69) is 5.16 Å². The van der Waals surface area contributed by atoms with Gasteiger partial charge in [0.05, 0.1) is 23.9 Å². The Morgan fingerprint density at radius 1 is 1.50 bits per heavy atom. The molecule has 1 aliphatic heterocycles. The largest absolute Gasteiger partial charge is 0.383 e. The van der Waals surface area contributed by atoms with Crippen LogP contribution in [0, 0.1) is 0 Å². The highest BCUT2D eigenvalue weighted by atomic mass is 35.5. The zero-order chi connectivity index (χ0) is 15.5. The summed E-state index contributed by atoms with van der Waals surface area (Å²) in [5.41, 5.74) is 1.11. The van der Waals surface area contributed by atoms with Gasteiger partial charge in [0.2, 0.25) is 0 Å². The second-order valence-corrected chi connectivity index (χ2v) is 5.71. The number of hydrogen-bond donors (Lipinski definition) is 0. The summed E-state index contributed by atoms with van der Waals surface area (Å²) >= 11 is 6.20. The van der Waals surface area contributed by atoms with E-state index in [0.717, 1.165) is 19.4 Å². The zero-order valence-electron chi connectivity index (χ0n) is 12.3. The lowest BCUT2D eigenvalue weighted by Crippen LogP contribution is -2.38. The van der Waals surface area contributed by atoms with E-state index in [1.165, 1.54) is 6.20 Å². The van der Waals surface area contributed by atoms with Crippen LogP contribution in [0.5, 0.6) is 0 Å². The Bertz CT molecular complexity index is 671. The van der Waals surface area contributed by atoms with Gasteiger partial charge in [-0.15, -0.1) is 0 Å². The molecular formula is C16H17ClN2O3. The third-order valence-electron chi connectivity index (χ3n) is 3.92. The number of carbonyl (C=O) groups is 1. The number of aromatic nitrogens is 1. The van der Waals surface area contributed by atoms with E-state index in [9.17, 15) is 4.79 Å². The minimum absolute atomic E-state index is 0.0873. The smallest absolute Gasteiger partial charge is 0.259 e. The standard InChI is InChI=1S/C16H17ClN2O3/c1-21-10-11-5-4-8-19(11)16(20)13-9-18-22-15(13)12-6-2-3-7-14(12)17/h2-3,6-7,9,11H,4-5,8,10H2,1H3. The summed E-state index contributed by atoms with van der Waals surface area (Å²) in [6.07, 6.45) is 3.39. The predicted molar refractivity (Wildman–Crippen MR) is 82.9 cm³/mol. The number of amides is 1. The second-order valence-electron chi connectivity index (χ2n) is 5.30. The van der Waals surface area contributed by atoms with Crippen LogP contribution in [0.2, 0.25) is 5.02 Å². The van der Waals surface area contributed by atoms with Crippen molar-refractivity contribution in [2.75, 3.05) is 20.3 Å². The van der Waals surface area contributed by atoms with Crippen molar-refractivity contribution in [3.63, 3.8) is 0 Å². The lowest BCUT2D eigenvalue weighted by atomic mass is 10.1. The Kier molecular flexibility index (Phi) is 4.45. The van der Waals surface area contributed by atoms with Gasteiger partial charge in [0.25, 0.3) is 5.91 Å². The lowest BCUT2D eigenvalue weighted by molar-refractivity contribution is 0.0631. The lowest BCUT2D eigenvalue weighted by Gasteiger charge is -2.23. The van der Waals surface area contributed by atoms with E-state index >= 15 is 0 Å². The van der Waals surface area contributed by atoms with Crippen molar-refractivity contribution in [1.82, 2.24) is 10.1 Å². The molecule has 1 aromatic carbocycles. The summed E-state index contributed by atoms with van der Waals surface area (Å²) in [6, 6.07) is 7.36. The summed E-state index contributed by atoms with van der Waals surface area (Å²) in [4.78, 5) is 14.7. The highest BCUT2D eigenvalue weighted by Crippen LogP contribution is 2.32. The van der Waals surface area contributed by atoms with Gasteiger partial charge in [0.15, 0.2) is 5.76 Å². The highest BCUT2D eigenvalue weighted by molar-refractivity contribution is 6.33.